The number of methoxy groups -OCH3 is 1. The summed E-state index contributed by atoms with van der Waals surface area (Å²) < 4.78 is 9.89. The highest BCUT2D eigenvalue weighted by Gasteiger charge is 2.31. The van der Waals surface area contributed by atoms with Gasteiger partial charge in [-0.15, -0.1) is 0 Å². The van der Waals surface area contributed by atoms with Crippen LogP contribution in [-0.4, -0.2) is 49.7 Å². The van der Waals surface area contributed by atoms with Gasteiger partial charge in [-0.05, 0) is 12.1 Å². The summed E-state index contributed by atoms with van der Waals surface area (Å²) in [6.07, 6.45) is -0.803. The zero-order chi connectivity index (χ0) is 15.6. The number of nitrogen functional groups attached to an aromatic ring is 1. The van der Waals surface area contributed by atoms with Gasteiger partial charge in [-0.2, -0.15) is 0 Å². The molecule has 1 fully saturated rings. The molecule has 1 aliphatic rings. The van der Waals surface area contributed by atoms with Gasteiger partial charge in [-0.1, -0.05) is 23.2 Å². The lowest BCUT2D eigenvalue weighted by atomic mass is 10.1. The lowest BCUT2D eigenvalue weighted by Crippen LogP contribution is -2.49. The number of nitrogens with two attached hydrogens (primary N) is 1. The summed E-state index contributed by atoms with van der Waals surface area (Å²) in [5.74, 6) is -0.879. The van der Waals surface area contributed by atoms with Crippen LogP contribution in [0.1, 0.15) is 10.4 Å². The van der Waals surface area contributed by atoms with Crippen molar-refractivity contribution in [1.82, 2.24) is 4.90 Å². The van der Waals surface area contributed by atoms with Crippen molar-refractivity contribution in [3.63, 3.8) is 0 Å². The highest BCUT2D eigenvalue weighted by Crippen LogP contribution is 2.30. The van der Waals surface area contributed by atoms with E-state index < -0.39 is 12.1 Å². The molecule has 0 radical (unpaired) electrons. The largest absolute Gasteiger partial charge is 0.467 e. The fraction of sp³-hybridized carbons (Fsp3) is 0.385. The van der Waals surface area contributed by atoms with Gasteiger partial charge in [-0.3, -0.25) is 4.79 Å². The first-order chi connectivity index (χ1) is 9.93. The van der Waals surface area contributed by atoms with E-state index in [0.29, 0.717) is 12.2 Å². The normalized spacial score (nSPS) is 18.4. The number of nitrogens with zero attached hydrogens (tertiary/aromatic N) is 1. The lowest BCUT2D eigenvalue weighted by molar-refractivity contribution is -0.158. The van der Waals surface area contributed by atoms with Crippen LogP contribution < -0.4 is 5.73 Å². The van der Waals surface area contributed by atoms with Gasteiger partial charge in [0.2, 0.25) is 0 Å². The van der Waals surface area contributed by atoms with Gasteiger partial charge in [0.1, 0.15) is 0 Å². The van der Waals surface area contributed by atoms with Crippen LogP contribution in [-0.2, 0) is 14.3 Å². The molecule has 6 nitrogen and oxygen atoms in total. The molecule has 1 aliphatic heterocycles. The topological polar surface area (TPSA) is 81.9 Å². The van der Waals surface area contributed by atoms with Gasteiger partial charge >= 0.3 is 5.97 Å². The van der Waals surface area contributed by atoms with E-state index in [4.69, 9.17) is 33.7 Å². The molecule has 0 aliphatic carbocycles. The molecular formula is C13H14Cl2N2O4. The van der Waals surface area contributed by atoms with E-state index >= 15 is 0 Å². The molecule has 1 atom stereocenters. The van der Waals surface area contributed by atoms with Gasteiger partial charge in [0.25, 0.3) is 5.91 Å². The molecule has 2 rings (SSSR count). The van der Waals surface area contributed by atoms with Crippen molar-refractivity contribution in [2.24, 2.45) is 0 Å². The van der Waals surface area contributed by atoms with Gasteiger partial charge in [0.15, 0.2) is 6.10 Å². The van der Waals surface area contributed by atoms with E-state index in [-0.39, 0.29) is 34.7 Å². The third-order valence-electron chi connectivity index (χ3n) is 3.10. The minimum Gasteiger partial charge on any atom is -0.467 e. The number of esters is 1. The van der Waals surface area contributed by atoms with E-state index in [1.807, 2.05) is 0 Å². The number of benzene rings is 1. The van der Waals surface area contributed by atoms with Gasteiger partial charge in [0.05, 0.1) is 35.9 Å². The molecule has 21 heavy (non-hydrogen) atoms. The summed E-state index contributed by atoms with van der Waals surface area (Å²) in [6.45, 7) is 0.669. The van der Waals surface area contributed by atoms with E-state index in [9.17, 15) is 9.59 Å². The highest BCUT2D eigenvalue weighted by molar-refractivity contribution is 6.44. The Hall–Kier alpha value is -1.50. The first-order valence-electron chi connectivity index (χ1n) is 6.17. The fourth-order valence-electron chi connectivity index (χ4n) is 2.04. The first-order valence-corrected chi connectivity index (χ1v) is 6.93. The molecule has 2 N–H and O–H groups in total. The maximum Gasteiger partial charge on any atom is 0.336 e. The van der Waals surface area contributed by atoms with Crippen LogP contribution in [0.2, 0.25) is 10.0 Å². The summed E-state index contributed by atoms with van der Waals surface area (Å²) in [4.78, 5) is 25.5. The maximum absolute atomic E-state index is 12.5. The van der Waals surface area contributed by atoms with Gasteiger partial charge in [-0.25, -0.2) is 4.79 Å². The number of anilines is 1. The molecule has 0 bridgehead atoms. The predicted molar refractivity (Wildman–Crippen MR) is 78.5 cm³/mol. The van der Waals surface area contributed by atoms with Gasteiger partial charge < -0.3 is 20.1 Å². The summed E-state index contributed by atoms with van der Waals surface area (Å²) in [5.41, 5.74) is 6.22. The molecule has 1 heterocycles. The van der Waals surface area contributed by atoms with E-state index in [1.165, 1.54) is 24.1 Å². The molecule has 0 spiro atoms. The number of hydrogen-bond donors (Lipinski definition) is 1. The summed E-state index contributed by atoms with van der Waals surface area (Å²) in [5, 5.41) is 0.342. The Balaban J connectivity index is 2.22. The van der Waals surface area contributed by atoms with Crippen LogP contribution >= 0.6 is 23.2 Å². The monoisotopic (exact) mass is 332 g/mol. The molecule has 1 aromatic rings. The minimum absolute atomic E-state index is 0.0915. The molecule has 1 amide bonds. The molecule has 1 unspecified atom stereocenters. The van der Waals surface area contributed by atoms with Crippen LogP contribution in [0, 0.1) is 0 Å². The molecule has 114 valence electrons. The van der Waals surface area contributed by atoms with E-state index in [1.54, 1.807) is 0 Å². The Bertz CT molecular complexity index is 580. The highest BCUT2D eigenvalue weighted by atomic mass is 35.5. The zero-order valence-corrected chi connectivity index (χ0v) is 12.8. The number of morpholine rings is 1. The van der Waals surface area contributed by atoms with Crippen molar-refractivity contribution >= 4 is 40.8 Å². The Labute approximate surface area is 131 Å². The van der Waals surface area contributed by atoms with Crippen LogP contribution in [0.4, 0.5) is 5.69 Å². The first kappa shape index (κ1) is 15.9. The predicted octanol–water partition coefficient (Wildman–Crippen LogP) is 1.59. The molecule has 0 aromatic heterocycles. The number of halogens is 2. The smallest absolute Gasteiger partial charge is 0.336 e. The minimum atomic E-state index is -0.803. The van der Waals surface area contributed by atoms with Crippen molar-refractivity contribution in [2.45, 2.75) is 6.10 Å². The second-order valence-corrected chi connectivity index (χ2v) is 5.28. The maximum atomic E-state index is 12.5. The third-order valence-corrected chi connectivity index (χ3v) is 3.90. The summed E-state index contributed by atoms with van der Waals surface area (Å²) in [7, 11) is 1.26. The number of carbonyl (C=O) groups excluding carboxylic acids is 2. The number of rotatable bonds is 2. The van der Waals surface area contributed by atoms with Crippen molar-refractivity contribution in [2.75, 3.05) is 32.5 Å². The van der Waals surface area contributed by atoms with Gasteiger partial charge in [0, 0.05) is 12.2 Å². The average Bonchev–Trinajstić information content (AvgIpc) is 2.49. The average molecular weight is 333 g/mol. The Morgan fingerprint density at radius 3 is 2.81 bits per heavy atom. The lowest BCUT2D eigenvalue weighted by Gasteiger charge is -2.31. The summed E-state index contributed by atoms with van der Waals surface area (Å²) in [6, 6.07) is 2.93. The van der Waals surface area contributed by atoms with Crippen LogP contribution in [0.15, 0.2) is 12.1 Å². The van der Waals surface area contributed by atoms with Crippen molar-refractivity contribution < 1.29 is 19.1 Å². The third kappa shape index (κ3) is 3.40. The Morgan fingerprint density at radius 1 is 1.43 bits per heavy atom. The summed E-state index contributed by atoms with van der Waals surface area (Å²) >= 11 is 12.0. The molecule has 8 heteroatoms. The Morgan fingerprint density at radius 2 is 2.14 bits per heavy atom. The second-order valence-electron chi connectivity index (χ2n) is 4.50. The SMILES string of the molecule is COC(=O)C1CN(C(=O)c2cc(N)cc(Cl)c2Cl)CCO1. The number of ether oxygens (including phenoxy) is 2. The quantitative estimate of drug-likeness (QED) is 0.657. The van der Waals surface area contributed by atoms with Crippen molar-refractivity contribution in [3.05, 3.63) is 27.7 Å². The van der Waals surface area contributed by atoms with E-state index in [2.05, 4.69) is 4.74 Å². The standard InChI is InChI=1S/C13H14Cl2N2O4/c1-20-13(19)10-6-17(2-3-21-10)12(18)8-4-7(16)5-9(14)11(8)15/h4-5,10H,2-3,6,16H2,1H3. The molecule has 0 saturated carbocycles. The second kappa shape index (κ2) is 6.51. The Kier molecular flexibility index (Phi) is 4.92. The number of amides is 1. The van der Waals surface area contributed by atoms with Crippen LogP contribution in [0.5, 0.6) is 0 Å². The molecular weight excluding hydrogens is 319 g/mol. The fourth-order valence-corrected chi connectivity index (χ4v) is 2.46. The number of carbonyl (C=O) groups is 2. The van der Waals surface area contributed by atoms with Crippen LogP contribution in [0.3, 0.4) is 0 Å². The number of hydrogen-bond acceptors (Lipinski definition) is 5. The molecule has 1 aromatic carbocycles. The van der Waals surface area contributed by atoms with Crippen LogP contribution in [0.25, 0.3) is 0 Å². The van der Waals surface area contributed by atoms with E-state index in [0.717, 1.165) is 0 Å². The van der Waals surface area contributed by atoms with Crippen molar-refractivity contribution in [3.8, 4) is 0 Å². The molecule has 1 saturated heterocycles. The van der Waals surface area contributed by atoms with Crippen molar-refractivity contribution in [1.29, 1.82) is 0 Å². The zero-order valence-electron chi connectivity index (χ0n) is 11.3.